The van der Waals surface area contributed by atoms with Crippen molar-refractivity contribution >= 4 is 0 Å². The van der Waals surface area contributed by atoms with Gasteiger partial charge in [-0.15, -0.1) is 0 Å². The van der Waals surface area contributed by atoms with Crippen LogP contribution in [0.5, 0.6) is 0 Å². The van der Waals surface area contributed by atoms with Gasteiger partial charge in [0.1, 0.15) is 6.10 Å². The zero-order chi connectivity index (χ0) is 12.8. The van der Waals surface area contributed by atoms with E-state index >= 15 is 0 Å². The van der Waals surface area contributed by atoms with Gasteiger partial charge in [-0.3, -0.25) is 0 Å². The fourth-order valence-electron chi connectivity index (χ4n) is 0.916. The van der Waals surface area contributed by atoms with Gasteiger partial charge in [0.2, 0.25) is 0 Å². The standard InChI is InChI=1S/C11H25NO4/c1-10(2,12)7-16-11(3,4)8-15-6-9(14)5-13/h9,13-14H,5-8,12H2,1-4H3. The van der Waals surface area contributed by atoms with Crippen LogP contribution in [0.25, 0.3) is 0 Å². The Morgan fingerprint density at radius 1 is 1.19 bits per heavy atom. The van der Waals surface area contributed by atoms with Crippen LogP contribution >= 0.6 is 0 Å². The molecule has 0 aromatic heterocycles. The van der Waals surface area contributed by atoms with Gasteiger partial charge in [0.15, 0.2) is 0 Å². The summed E-state index contributed by atoms with van der Waals surface area (Å²) in [5.74, 6) is 0. The van der Waals surface area contributed by atoms with Crippen LogP contribution in [0.4, 0.5) is 0 Å². The van der Waals surface area contributed by atoms with E-state index < -0.39 is 11.7 Å². The van der Waals surface area contributed by atoms with E-state index in [-0.39, 0.29) is 18.8 Å². The van der Waals surface area contributed by atoms with Crippen LogP contribution in [0.3, 0.4) is 0 Å². The Morgan fingerprint density at radius 3 is 2.19 bits per heavy atom. The summed E-state index contributed by atoms with van der Waals surface area (Å²) in [6, 6.07) is 0. The van der Waals surface area contributed by atoms with Gasteiger partial charge in [-0.2, -0.15) is 0 Å². The highest BCUT2D eigenvalue weighted by Crippen LogP contribution is 2.12. The number of aliphatic hydroxyl groups is 2. The summed E-state index contributed by atoms with van der Waals surface area (Å²) in [6.45, 7) is 8.16. The van der Waals surface area contributed by atoms with Gasteiger partial charge in [-0.25, -0.2) is 0 Å². The third-order valence-corrected chi connectivity index (χ3v) is 1.81. The number of ether oxygens (including phenoxy) is 2. The second kappa shape index (κ2) is 6.51. The SMILES string of the molecule is CC(C)(N)COC(C)(C)COCC(O)CO. The minimum atomic E-state index is -0.832. The Morgan fingerprint density at radius 2 is 1.75 bits per heavy atom. The molecule has 1 unspecified atom stereocenters. The quantitative estimate of drug-likeness (QED) is 0.546. The summed E-state index contributed by atoms with van der Waals surface area (Å²) >= 11 is 0. The number of hydrogen-bond acceptors (Lipinski definition) is 5. The average molecular weight is 235 g/mol. The van der Waals surface area contributed by atoms with Gasteiger partial charge in [-0.1, -0.05) is 0 Å². The predicted molar refractivity (Wildman–Crippen MR) is 62.2 cm³/mol. The Bertz CT molecular complexity index is 189. The molecule has 0 aliphatic rings. The van der Waals surface area contributed by atoms with E-state index in [2.05, 4.69) is 0 Å². The van der Waals surface area contributed by atoms with Crippen LogP contribution in [0.15, 0.2) is 0 Å². The lowest BCUT2D eigenvalue weighted by atomic mass is 10.1. The first kappa shape index (κ1) is 15.8. The Kier molecular flexibility index (Phi) is 6.43. The van der Waals surface area contributed by atoms with Crippen molar-refractivity contribution in [2.45, 2.75) is 44.9 Å². The van der Waals surface area contributed by atoms with Crippen LogP contribution < -0.4 is 5.73 Å². The summed E-state index contributed by atoms with van der Waals surface area (Å²) < 4.78 is 10.9. The molecule has 98 valence electrons. The van der Waals surface area contributed by atoms with Gasteiger partial charge >= 0.3 is 0 Å². The molecule has 0 aromatic carbocycles. The molecule has 4 N–H and O–H groups in total. The maximum Gasteiger partial charge on any atom is 0.100 e. The normalized spacial score (nSPS) is 15.2. The second-order valence-electron chi connectivity index (χ2n) is 5.39. The molecule has 5 heteroatoms. The number of hydrogen-bond donors (Lipinski definition) is 3. The third kappa shape index (κ3) is 9.06. The first-order valence-corrected chi connectivity index (χ1v) is 5.46. The lowest BCUT2D eigenvalue weighted by Gasteiger charge is -2.29. The average Bonchev–Trinajstić information content (AvgIpc) is 2.13. The van der Waals surface area contributed by atoms with Crippen LogP contribution in [-0.4, -0.2) is 53.9 Å². The number of aliphatic hydroxyl groups excluding tert-OH is 2. The van der Waals surface area contributed by atoms with Crippen LogP contribution in [0, 0.1) is 0 Å². The highest BCUT2D eigenvalue weighted by molar-refractivity contribution is 4.75. The van der Waals surface area contributed by atoms with Crippen LogP contribution in [-0.2, 0) is 9.47 Å². The zero-order valence-corrected chi connectivity index (χ0v) is 10.7. The summed E-state index contributed by atoms with van der Waals surface area (Å²) in [5, 5.41) is 17.7. The van der Waals surface area contributed by atoms with E-state index in [4.69, 9.17) is 25.4 Å². The summed E-state index contributed by atoms with van der Waals surface area (Å²) in [5.41, 5.74) is 4.98. The largest absolute Gasteiger partial charge is 0.394 e. The van der Waals surface area contributed by atoms with Gasteiger partial charge in [-0.05, 0) is 27.7 Å². The van der Waals surface area contributed by atoms with E-state index in [1.807, 2.05) is 27.7 Å². The lowest BCUT2D eigenvalue weighted by molar-refractivity contribution is -0.0999. The van der Waals surface area contributed by atoms with E-state index in [0.717, 1.165) is 0 Å². The minimum Gasteiger partial charge on any atom is -0.394 e. The molecule has 16 heavy (non-hydrogen) atoms. The van der Waals surface area contributed by atoms with Gasteiger partial charge in [0, 0.05) is 5.54 Å². The summed E-state index contributed by atoms with van der Waals surface area (Å²) in [7, 11) is 0. The molecule has 0 saturated heterocycles. The molecule has 0 spiro atoms. The molecule has 0 fully saturated rings. The van der Waals surface area contributed by atoms with E-state index in [0.29, 0.717) is 13.2 Å². The highest BCUT2D eigenvalue weighted by Gasteiger charge is 2.22. The third-order valence-electron chi connectivity index (χ3n) is 1.81. The Balaban J connectivity index is 3.78. The fourth-order valence-corrected chi connectivity index (χ4v) is 0.916. The molecule has 0 aromatic rings. The second-order valence-corrected chi connectivity index (χ2v) is 5.39. The first-order chi connectivity index (χ1) is 7.16. The van der Waals surface area contributed by atoms with Crippen molar-refractivity contribution in [3.63, 3.8) is 0 Å². The molecule has 0 rings (SSSR count). The van der Waals surface area contributed by atoms with Crippen LogP contribution in [0.1, 0.15) is 27.7 Å². The van der Waals surface area contributed by atoms with E-state index in [1.165, 1.54) is 0 Å². The molecule has 0 aliphatic carbocycles. The number of rotatable bonds is 8. The van der Waals surface area contributed by atoms with Crippen molar-refractivity contribution in [1.82, 2.24) is 0 Å². The highest BCUT2D eigenvalue weighted by atomic mass is 16.5. The van der Waals surface area contributed by atoms with Crippen molar-refractivity contribution in [2.75, 3.05) is 26.4 Å². The molecule has 0 aliphatic heterocycles. The Labute approximate surface area is 97.5 Å². The lowest BCUT2D eigenvalue weighted by Crippen LogP contribution is -2.43. The maximum atomic E-state index is 9.08. The molecule has 1 atom stereocenters. The van der Waals surface area contributed by atoms with E-state index in [9.17, 15) is 0 Å². The monoisotopic (exact) mass is 235 g/mol. The molecule has 0 radical (unpaired) electrons. The first-order valence-electron chi connectivity index (χ1n) is 5.46. The molecule has 5 nitrogen and oxygen atoms in total. The molecule has 0 heterocycles. The topological polar surface area (TPSA) is 84.9 Å². The molecular formula is C11H25NO4. The van der Waals surface area contributed by atoms with Crippen molar-refractivity contribution in [1.29, 1.82) is 0 Å². The zero-order valence-electron chi connectivity index (χ0n) is 10.7. The van der Waals surface area contributed by atoms with Gasteiger partial charge in [0.25, 0.3) is 0 Å². The van der Waals surface area contributed by atoms with Crippen molar-refractivity contribution in [3.05, 3.63) is 0 Å². The smallest absolute Gasteiger partial charge is 0.100 e. The van der Waals surface area contributed by atoms with Crippen LogP contribution in [0.2, 0.25) is 0 Å². The molecule has 0 bridgehead atoms. The van der Waals surface area contributed by atoms with Crippen molar-refractivity contribution in [2.24, 2.45) is 5.73 Å². The Hall–Kier alpha value is -0.200. The maximum absolute atomic E-state index is 9.08. The molecule has 0 saturated carbocycles. The summed E-state index contributed by atoms with van der Waals surface area (Å²) in [6.07, 6.45) is -0.832. The number of nitrogens with two attached hydrogens (primary N) is 1. The van der Waals surface area contributed by atoms with Gasteiger partial charge < -0.3 is 25.4 Å². The van der Waals surface area contributed by atoms with Gasteiger partial charge in [0.05, 0.1) is 32.0 Å². The minimum absolute atomic E-state index is 0.106. The molecule has 0 amide bonds. The van der Waals surface area contributed by atoms with Crippen molar-refractivity contribution in [3.8, 4) is 0 Å². The molecular weight excluding hydrogens is 210 g/mol. The van der Waals surface area contributed by atoms with E-state index in [1.54, 1.807) is 0 Å². The fraction of sp³-hybridized carbons (Fsp3) is 1.00. The predicted octanol–water partition coefficient (Wildman–Crippen LogP) is -0.111. The summed E-state index contributed by atoms with van der Waals surface area (Å²) in [4.78, 5) is 0. The van der Waals surface area contributed by atoms with Crippen molar-refractivity contribution < 1.29 is 19.7 Å².